The molecule has 4 nitrogen and oxygen atoms in total. The van der Waals surface area contributed by atoms with E-state index in [2.05, 4.69) is 30.3 Å². The van der Waals surface area contributed by atoms with Gasteiger partial charge in [0, 0.05) is 29.7 Å². The quantitative estimate of drug-likeness (QED) is 0.923. The van der Waals surface area contributed by atoms with Crippen LogP contribution in [0.25, 0.3) is 0 Å². The zero-order valence-corrected chi connectivity index (χ0v) is 13.5. The number of nitrogens with one attached hydrogen (secondary N) is 1. The van der Waals surface area contributed by atoms with Gasteiger partial charge in [-0.2, -0.15) is 5.10 Å². The lowest BCUT2D eigenvalue weighted by Crippen LogP contribution is -2.36. The fourth-order valence-corrected chi connectivity index (χ4v) is 4.17. The Kier molecular flexibility index (Phi) is 3.40. The molecule has 0 aromatic carbocycles. The van der Waals surface area contributed by atoms with Crippen molar-refractivity contribution in [1.82, 2.24) is 15.1 Å². The first-order chi connectivity index (χ1) is 9.99. The number of carbonyl (C=O) groups excluding carboxylic acids is 1. The van der Waals surface area contributed by atoms with Gasteiger partial charge in [0.05, 0.1) is 11.6 Å². The van der Waals surface area contributed by atoms with Gasteiger partial charge in [0.2, 0.25) is 5.91 Å². The summed E-state index contributed by atoms with van der Waals surface area (Å²) in [6, 6.07) is 4.10. The number of hydrogen-bond acceptors (Lipinski definition) is 3. The summed E-state index contributed by atoms with van der Waals surface area (Å²) >= 11 is 1.68. The molecule has 0 spiro atoms. The third-order valence-electron chi connectivity index (χ3n) is 4.53. The molecule has 1 amide bonds. The first-order valence-corrected chi connectivity index (χ1v) is 8.21. The highest BCUT2D eigenvalue weighted by Gasteiger charge is 2.67. The van der Waals surface area contributed by atoms with Gasteiger partial charge in [-0.25, -0.2) is 0 Å². The fourth-order valence-electron chi connectivity index (χ4n) is 3.06. The van der Waals surface area contributed by atoms with E-state index in [0.29, 0.717) is 6.54 Å². The third-order valence-corrected chi connectivity index (χ3v) is 5.56. The number of nitrogens with zero attached hydrogens (tertiary/aromatic N) is 2. The standard InChI is InChI=1S/C16H21N3OS/c1-4-19-10-12(9-18-19)8-17-14(20)16(11-15(16,2)3)13-6-5-7-21-13/h5-7,9-10H,4,8,11H2,1-3H3,(H,17,20). The summed E-state index contributed by atoms with van der Waals surface area (Å²) in [5.74, 6) is 0.138. The Bertz CT molecular complexity index is 644. The molecule has 2 aromatic rings. The van der Waals surface area contributed by atoms with Crippen molar-refractivity contribution in [3.8, 4) is 0 Å². The van der Waals surface area contributed by atoms with Gasteiger partial charge in [-0.1, -0.05) is 19.9 Å². The van der Waals surface area contributed by atoms with Crippen LogP contribution < -0.4 is 5.32 Å². The zero-order valence-electron chi connectivity index (χ0n) is 12.7. The molecule has 5 heteroatoms. The van der Waals surface area contributed by atoms with Gasteiger partial charge >= 0.3 is 0 Å². The summed E-state index contributed by atoms with van der Waals surface area (Å²) in [5, 5.41) is 9.38. The van der Waals surface area contributed by atoms with E-state index >= 15 is 0 Å². The summed E-state index contributed by atoms with van der Waals surface area (Å²) in [6.07, 6.45) is 4.72. The summed E-state index contributed by atoms with van der Waals surface area (Å²) in [5.41, 5.74) is 0.738. The molecule has 0 saturated heterocycles. The molecule has 1 fully saturated rings. The number of aromatic nitrogens is 2. The number of thiophene rings is 1. The second-order valence-corrected chi connectivity index (χ2v) is 7.28. The fraction of sp³-hybridized carbons (Fsp3) is 0.500. The highest BCUT2D eigenvalue weighted by atomic mass is 32.1. The Morgan fingerprint density at radius 1 is 1.52 bits per heavy atom. The molecule has 112 valence electrons. The van der Waals surface area contributed by atoms with Crippen LogP contribution in [0.15, 0.2) is 29.9 Å². The molecule has 0 aliphatic heterocycles. The van der Waals surface area contributed by atoms with Gasteiger partial charge in [0.25, 0.3) is 0 Å². The van der Waals surface area contributed by atoms with Crippen molar-refractivity contribution < 1.29 is 4.79 Å². The molecular weight excluding hydrogens is 282 g/mol. The molecule has 1 aliphatic carbocycles. The van der Waals surface area contributed by atoms with Crippen molar-refractivity contribution in [2.75, 3.05) is 0 Å². The molecule has 0 radical (unpaired) electrons. The zero-order chi connectivity index (χ0) is 15.1. The SMILES string of the molecule is CCn1cc(CNC(=O)C2(c3cccs3)CC2(C)C)cn1. The third kappa shape index (κ3) is 2.29. The minimum Gasteiger partial charge on any atom is -0.351 e. The second kappa shape index (κ2) is 4.98. The molecule has 1 atom stereocenters. The summed E-state index contributed by atoms with van der Waals surface area (Å²) in [6.45, 7) is 7.78. The van der Waals surface area contributed by atoms with Gasteiger partial charge in [-0.05, 0) is 30.2 Å². The van der Waals surface area contributed by atoms with Crippen molar-refractivity contribution >= 4 is 17.2 Å². The van der Waals surface area contributed by atoms with E-state index < -0.39 is 0 Å². The molecule has 1 aliphatic rings. The Balaban J connectivity index is 1.72. The van der Waals surface area contributed by atoms with Gasteiger partial charge in [0.1, 0.15) is 0 Å². The maximum atomic E-state index is 12.8. The first kappa shape index (κ1) is 14.3. The monoisotopic (exact) mass is 303 g/mol. The van der Waals surface area contributed by atoms with Crippen LogP contribution in [0.2, 0.25) is 0 Å². The van der Waals surface area contributed by atoms with Gasteiger partial charge < -0.3 is 5.32 Å². The summed E-state index contributed by atoms with van der Waals surface area (Å²) in [7, 11) is 0. The minimum atomic E-state index is -0.345. The van der Waals surface area contributed by atoms with Crippen molar-refractivity contribution in [3.05, 3.63) is 40.3 Å². The Morgan fingerprint density at radius 2 is 2.29 bits per heavy atom. The van der Waals surface area contributed by atoms with E-state index in [-0.39, 0.29) is 16.7 Å². The lowest BCUT2D eigenvalue weighted by molar-refractivity contribution is -0.124. The first-order valence-electron chi connectivity index (χ1n) is 7.33. The molecule has 21 heavy (non-hydrogen) atoms. The molecule has 1 N–H and O–H groups in total. The molecule has 0 bridgehead atoms. The van der Waals surface area contributed by atoms with E-state index in [0.717, 1.165) is 18.5 Å². The van der Waals surface area contributed by atoms with E-state index in [4.69, 9.17) is 0 Å². The lowest BCUT2D eigenvalue weighted by Gasteiger charge is -2.18. The number of aryl methyl sites for hydroxylation is 1. The van der Waals surface area contributed by atoms with Crippen LogP contribution >= 0.6 is 11.3 Å². The maximum absolute atomic E-state index is 12.8. The number of rotatable bonds is 5. The highest BCUT2D eigenvalue weighted by Crippen LogP contribution is 2.65. The van der Waals surface area contributed by atoms with Crippen LogP contribution in [-0.2, 0) is 23.3 Å². The summed E-state index contributed by atoms with van der Waals surface area (Å²) in [4.78, 5) is 13.9. The number of carbonyl (C=O) groups is 1. The van der Waals surface area contributed by atoms with Crippen LogP contribution in [0.4, 0.5) is 0 Å². The Labute approximate surface area is 129 Å². The average molecular weight is 303 g/mol. The predicted molar refractivity (Wildman–Crippen MR) is 84.1 cm³/mol. The highest BCUT2D eigenvalue weighted by molar-refractivity contribution is 7.10. The molecule has 2 aromatic heterocycles. The number of hydrogen-bond donors (Lipinski definition) is 1. The topological polar surface area (TPSA) is 46.9 Å². The van der Waals surface area contributed by atoms with E-state index in [1.165, 1.54) is 4.88 Å². The normalized spacial score (nSPS) is 23.0. The van der Waals surface area contributed by atoms with Crippen molar-refractivity contribution in [2.24, 2.45) is 5.41 Å². The Morgan fingerprint density at radius 3 is 2.81 bits per heavy atom. The van der Waals surface area contributed by atoms with Crippen molar-refractivity contribution in [2.45, 2.75) is 45.7 Å². The van der Waals surface area contributed by atoms with Crippen LogP contribution in [0.3, 0.4) is 0 Å². The van der Waals surface area contributed by atoms with Crippen LogP contribution in [-0.4, -0.2) is 15.7 Å². The van der Waals surface area contributed by atoms with E-state index in [1.807, 2.05) is 35.4 Å². The van der Waals surface area contributed by atoms with Crippen LogP contribution in [0, 0.1) is 5.41 Å². The van der Waals surface area contributed by atoms with Gasteiger partial charge in [0.15, 0.2) is 0 Å². The summed E-state index contributed by atoms with van der Waals surface area (Å²) < 4.78 is 1.87. The van der Waals surface area contributed by atoms with Gasteiger partial charge in [-0.15, -0.1) is 11.3 Å². The van der Waals surface area contributed by atoms with Crippen LogP contribution in [0.1, 0.15) is 37.6 Å². The maximum Gasteiger partial charge on any atom is 0.232 e. The van der Waals surface area contributed by atoms with Crippen LogP contribution in [0.5, 0.6) is 0 Å². The van der Waals surface area contributed by atoms with Crippen molar-refractivity contribution in [3.63, 3.8) is 0 Å². The minimum absolute atomic E-state index is 0.0372. The molecule has 1 saturated carbocycles. The Hall–Kier alpha value is -1.62. The molecular formula is C16H21N3OS. The molecule has 2 heterocycles. The second-order valence-electron chi connectivity index (χ2n) is 6.33. The van der Waals surface area contributed by atoms with E-state index in [9.17, 15) is 4.79 Å². The average Bonchev–Trinajstić information content (AvgIpc) is 2.94. The van der Waals surface area contributed by atoms with Crippen molar-refractivity contribution in [1.29, 1.82) is 0 Å². The smallest absolute Gasteiger partial charge is 0.232 e. The van der Waals surface area contributed by atoms with Gasteiger partial charge in [-0.3, -0.25) is 9.48 Å². The molecule has 1 unspecified atom stereocenters. The van der Waals surface area contributed by atoms with E-state index in [1.54, 1.807) is 11.3 Å². The largest absolute Gasteiger partial charge is 0.351 e. The lowest BCUT2D eigenvalue weighted by atomic mass is 9.93. The molecule has 3 rings (SSSR count). The predicted octanol–water partition coefficient (Wildman–Crippen LogP) is 2.95. The number of amides is 1.